The number of ether oxygens (including phenoxy) is 1. The van der Waals surface area contributed by atoms with Gasteiger partial charge in [-0.25, -0.2) is 0 Å². The van der Waals surface area contributed by atoms with Gasteiger partial charge in [0.15, 0.2) is 0 Å². The van der Waals surface area contributed by atoms with E-state index in [1.54, 1.807) is 0 Å². The Morgan fingerprint density at radius 2 is 1.50 bits per heavy atom. The zero-order chi connectivity index (χ0) is 21.6. The lowest BCUT2D eigenvalue weighted by atomic mass is 9.88. The maximum Gasteiger partial charge on any atom is 0.302 e. The Hall–Kier alpha value is -2.22. The average molecular weight is 432 g/mol. The van der Waals surface area contributed by atoms with E-state index < -0.39 is 28.3 Å². The molecular formula is C23H29NO5S. The van der Waals surface area contributed by atoms with Gasteiger partial charge < -0.3 is 4.74 Å². The second kappa shape index (κ2) is 10.2. The Bertz CT molecular complexity index is 876. The Balaban J connectivity index is 1.93. The van der Waals surface area contributed by atoms with E-state index in [0.717, 1.165) is 30.2 Å². The standard InChI is InChI=1S/C23H29NO5S/c1-18(25)28-22-15-9-14-21(23(22)29-30(2,26)27)24(16-19-10-5-3-6-11-19)17-20-12-7-4-8-13-20/h3-8,10-13,21-23H,9,14-17H2,1-2H3/t21-,22-,23-/m1/s1. The van der Waals surface area contributed by atoms with Crippen molar-refractivity contribution in [1.29, 1.82) is 0 Å². The molecule has 30 heavy (non-hydrogen) atoms. The summed E-state index contributed by atoms with van der Waals surface area (Å²) in [5.41, 5.74) is 2.25. The highest BCUT2D eigenvalue weighted by atomic mass is 32.2. The smallest absolute Gasteiger partial charge is 0.302 e. The highest BCUT2D eigenvalue weighted by molar-refractivity contribution is 7.86. The van der Waals surface area contributed by atoms with Crippen molar-refractivity contribution in [3.63, 3.8) is 0 Å². The fourth-order valence-corrected chi connectivity index (χ4v) is 4.74. The third-order valence-corrected chi connectivity index (χ3v) is 5.84. The lowest BCUT2D eigenvalue weighted by molar-refractivity contribution is -0.157. The van der Waals surface area contributed by atoms with E-state index in [2.05, 4.69) is 29.2 Å². The maximum absolute atomic E-state index is 12.0. The van der Waals surface area contributed by atoms with Crippen molar-refractivity contribution >= 4 is 16.1 Å². The molecule has 2 aromatic carbocycles. The molecule has 162 valence electrons. The second-order valence-corrected chi connectivity index (χ2v) is 9.39. The molecule has 0 aromatic heterocycles. The molecule has 0 spiro atoms. The van der Waals surface area contributed by atoms with E-state index >= 15 is 0 Å². The van der Waals surface area contributed by atoms with Crippen molar-refractivity contribution in [2.24, 2.45) is 0 Å². The van der Waals surface area contributed by atoms with Crippen LogP contribution in [0.15, 0.2) is 60.7 Å². The van der Waals surface area contributed by atoms with Crippen molar-refractivity contribution in [2.75, 3.05) is 6.26 Å². The summed E-state index contributed by atoms with van der Waals surface area (Å²) in [5.74, 6) is -0.430. The minimum atomic E-state index is -3.72. The number of benzene rings is 2. The topological polar surface area (TPSA) is 72.9 Å². The van der Waals surface area contributed by atoms with Crippen LogP contribution in [0.4, 0.5) is 0 Å². The fraction of sp³-hybridized carbons (Fsp3) is 0.435. The molecule has 0 heterocycles. The highest BCUT2D eigenvalue weighted by Crippen LogP contribution is 2.31. The van der Waals surface area contributed by atoms with E-state index in [-0.39, 0.29) is 6.04 Å². The van der Waals surface area contributed by atoms with E-state index in [0.29, 0.717) is 19.5 Å². The monoisotopic (exact) mass is 431 g/mol. The second-order valence-electron chi connectivity index (χ2n) is 7.79. The quantitative estimate of drug-likeness (QED) is 0.470. The molecule has 7 heteroatoms. The Kier molecular flexibility index (Phi) is 7.64. The lowest BCUT2D eigenvalue weighted by Crippen LogP contribution is -2.53. The third kappa shape index (κ3) is 6.65. The van der Waals surface area contributed by atoms with Crippen LogP contribution in [0.25, 0.3) is 0 Å². The summed E-state index contributed by atoms with van der Waals surface area (Å²) in [4.78, 5) is 13.9. The zero-order valence-electron chi connectivity index (χ0n) is 17.4. The van der Waals surface area contributed by atoms with Gasteiger partial charge in [0.25, 0.3) is 10.1 Å². The average Bonchev–Trinajstić information content (AvgIpc) is 2.69. The Morgan fingerprint density at radius 3 is 1.97 bits per heavy atom. The van der Waals surface area contributed by atoms with Crippen molar-refractivity contribution in [3.05, 3.63) is 71.8 Å². The first-order valence-corrected chi connectivity index (χ1v) is 12.0. The predicted molar refractivity (Wildman–Crippen MR) is 115 cm³/mol. The van der Waals surface area contributed by atoms with Gasteiger partial charge in [-0.3, -0.25) is 13.9 Å². The summed E-state index contributed by atoms with van der Waals surface area (Å²) in [6, 6.07) is 19.9. The normalized spacial score (nSPS) is 22.0. The SMILES string of the molecule is CC(=O)O[C@@H]1CCC[C@@H](N(Cc2ccccc2)Cc2ccccc2)[C@H]1OS(C)(=O)=O. The molecule has 0 N–H and O–H groups in total. The molecule has 1 aliphatic carbocycles. The molecule has 2 aromatic rings. The van der Waals surface area contributed by atoms with Gasteiger partial charge in [-0.15, -0.1) is 0 Å². The summed E-state index contributed by atoms with van der Waals surface area (Å²) >= 11 is 0. The van der Waals surface area contributed by atoms with Crippen LogP contribution in [-0.4, -0.2) is 43.8 Å². The minimum absolute atomic E-state index is 0.210. The number of nitrogens with zero attached hydrogens (tertiary/aromatic N) is 1. The molecule has 1 fully saturated rings. The molecule has 0 saturated heterocycles. The third-order valence-electron chi connectivity index (χ3n) is 5.26. The van der Waals surface area contributed by atoms with Crippen LogP contribution in [0.5, 0.6) is 0 Å². The molecule has 3 rings (SSSR count). The number of esters is 1. The first kappa shape index (κ1) is 22.5. The summed E-state index contributed by atoms with van der Waals surface area (Å²) in [5, 5.41) is 0. The minimum Gasteiger partial charge on any atom is -0.460 e. The molecular weight excluding hydrogens is 402 g/mol. The summed E-state index contributed by atoms with van der Waals surface area (Å²) in [7, 11) is -3.72. The van der Waals surface area contributed by atoms with E-state index in [1.165, 1.54) is 6.92 Å². The number of hydrogen-bond acceptors (Lipinski definition) is 6. The largest absolute Gasteiger partial charge is 0.460 e. The van der Waals surface area contributed by atoms with E-state index in [4.69, 9.17) is 8.92 Å². The summed E-state index contributed by atoms with van der Waals surface area (Å²) in [6.45, 7) is 2.61. The van der Waals surface area contributed by atoms with Crippen LogP contribution in [0.1, 0.15) is 37.3 Å². The van der Waals surface area contributed by atoms with Crippen molar-refractivity contribution in [1.82, 2.24) is 4.90 Å². The van der Waals surface area contributed by atoms with Gasteiger partial charge in [0.05, 0.1) is 6.26 Å². The molecule has 0 amide bonds. The molecule has 3 atom stereocenters. The Labute approximate surface area is 178 Å². The summed E-state index contributed by atoms with van der Waals surface area (Å²) in [6.07, 6.45) is 1.88. The van der Waals surface area contributed by atoms with Crippen LogP contribution in [0.3, 0.4) is 0 Å². The van der Waals surface area contributed by atoms with Crippen molar-refractivity contribution in [2.45, 2.75) is 57.5 Å². The zero-order valence-corrected chi connectivity index (χ0v) is 18.3. The lowest BCUT2D eigenvalue weighted by Gasteiger charge is -2.42. The van der Waals surface area contributed by atoms with E-state index in [9.17, 15) is 13.2 Å². The summed E-state index contributed by atoms with van der Waals surface area (Å²) < 4.78 is 35.1. The predicted octanol–water partition coefficient (Wildman–Crippen LogP) is 3.52. The molecule has 1 saturated carbocycles. The molecule has 6 nitrogen and oxygen atoms in total. The van der Waals surface area contributed by atoms with Crippen LogP contribution in [-0.2, 0) is 36.9 Å². The number of carbonyl (C=O) groups is 1. The van der Waals surface area contributed by atoms with Crippen LogP contribution >= 0.6 is 0 Å². The van der Waals surface area contributed by atoms with Crippen molar-refractivity contribution < 1.29 is 22.1 Å². The van der Waals surface area contributed by atoms with Gasteiger partial charge >= 0.3 is 5.97 Å². The van der Waals surface area contributed by atoms with Crippen LogP contribution < -0.4 is 0 Å². The first-order chi connectivity index (χ1) is 14.3. The van der Waals surface area contributed by atoms with Gasteiger partial charge in [-0.1, -0.05) is 60.7 Å². The Morgan fingerprint density at radius 1 is 0.967 bits per heavy atom. The van der Waals surface area contributed by atoms with Gasteiger partial charge in [-0.2, -0.15) is 8.42 Å². The maximum atomic E-state index is 12.0. The molecule has 1 aliphatic rings. The first-order valence-electron chi connectivity index (χ1n) is 10.2. The van der Waals surface area contributed by atoms with E-state index in [1.807, 2.05) is 36.4 Å². The molecule has 0 radical (unpaired) electrons. The number of carbonyl (C=O) groups excluding carboxylic acids is 1. The molecule has 0 unspecified atom stereocenters. The number of rotatable bonds is 8. The van der Waals surface area contributed by atoms with Gasteiger partial charge in [0, 0.05) is 26.1 Å². The van der Waals surface area contributed by atoms with Gasteiger partial charge in [-0.05, 0) is 30.4 Å². The highest BCUT2D eigenvalue weighted by Gasteiger charge is 2.41. The van der Waals surface area contributed by atoms with Crippen LogP contribution in [0, 0.1) is 0 Å². The molecule has 0 aliphatic heterocycles. The van der Waals surface area contributed by atoms with Crippen molar-refractivity contribution in [3.8, 4) is 0 Å². The number of hydrogen-bond donors (Lipinski definition) is 0. The van der Waals surface area contributed by atoms with Gasteiger partial charge in [0.1, 0.15) is 12.2 Å². The van der Waals surface area contributed by atoms with Crippen LogP contribution in [0.2, 0.25) is 0 Å². The fourth-order valence-electron chi connectivity index (χ4n) is 4.09. The van der Waals surface area contributed by atoms with Gasteiger partial charge in [0.2, 0.25) is 0 Å². The molecule has 0 bridgehead atoms.